The molecule has 0 spiro atoms. The van der Waals surface area contributed by atoms with E-state index in [4.69, 9.17) is 24.4 Å². The first-order valence-electron chi connectivity index (χ1n) is 6.44. The van der Waals surface area contributed by atoms with E-state index in [-0.39, 0.29) is 5.82 Å². The quantitative estimate of drug-likeness (QED) is 0.469. The summed E-state index contributed by atoms with van der Waals surface area (Å²) >= 11 is 10.2. The number of thiocarbonyl (C=S) groups is 2. The zero-order valence-corrected chi connectivity index (χ0v) is 13.7. The van der Waals surface area contributed by atoms with Gasteiger partial charge in [0.25, 0.3) is 0 Å². The highest BCUT2D eigenvalue weighted by Gasteiger charge is 1.99. The maximum atomic E-state index is 12.8. The maximum Gasteiger partial charge on any atom is 0.185 e. The third-order valence-electron chi connectivity index (χ3n) is 2.50. The van der Waals surface area contributed by atoms with Crippen LogP contribution in [0.4, 0.5) is 4.39 Å². The van der Waals surface area contributed by atoms with Crippen molar-refractivity contribution in [2.45, 2.75) is 6.54 Å². The summed E-state index contributed by atoms with van der Waals surface area (Å²) in [5.74, 6) is -0.254. The van der Waals surface area contributed by atoms with E-state index in [9.17, 15) is 4.39 Å². The molecule has 116 valence electrons. The standard InChI is InChI=1S/C13H20FN5S2/c1-19(2)8-7-15-12(20)17-18-13(21)16-9-10-3-5-11(14)6-4-10/h3-6H,7-9H2,1-2H3,(H2,15,17,20)(H2,16,18,21). The van der Waals surface area contributed by atoms with E-state index in [1.54, 1.807) is 12.1 Å². The van der Waals surface area contributed by atoms with E-state index >= 15 is 0 Å². The van der Waals surface area contributed by atoms with Crippen LogP contribution < -0.4 is 21.5 Å². The Morgan fingerprint density at radius 3 is 2.19 bits per heavy atom. The van der Waals surface area contributed by atoms with E-state index in [1.165, 1.54) is 12.1 Å². The van der Waals surface area contributed by atoms with Gasteiger partial charge in [-0.2, -0.15) is 0 Å². The zero-order chi connectivity index (χ0) is 15.7. The third-order valence-corrected chi connectivity index (χ3v) is 2.99. The van der Waals surface area contributed by atoms with Crippen molar-refractivity contribution in [3.05, 3.63) is 35.6 Å². The van der Waals surface area contributed by atoms with Gasteiger partial charge in [0.2, 0.25) is 0 Å². The Morgan fingerprint density at radius 2 is 1.62 bits per heavy atom. The topological polar surface area (TPSA) is 51.4 Å². The van der Waals surface area contributed by atoms with Crippen LogP contribution >= 0.6 is 24.4 Å². The van der Waals surface area contributed by atoms with Crippen LogP contribution in [0.15, 0.2) is 24.3 Å². The van der Waals surface area contributed by atoms with Crippen LogP contribution in [-0.4, -0.2) is 42.3 Å². The van der Waals surface area contributed by atoms with Crippen LogP contribution in [0.2, 0.25) is 0 Å². The highest BCUT2D eigenvalue weighted by molar-refractivity contribution is 7.80. The van der Waals surface area contributed by atoms with Gasteiger partial charge in [0.05, 0.1) is 0 Å². The van der Waals surface area contributed by atoms with E-state index in [2.05, 4.69) is 26.4 Å². The third kappa shape index (κ3) is 8.38. The summed E-state index contributed by atoms with van der Waals surface area (Å²) < 4.78 is 12.8. The van der Waals surface area contributed by atoms with Crippen molar-refractivity contribution >= 4 is 34.7 Å². The first kappa shape index (κ1) is 17.5. The van der Waals surface area contributed by atoms with Crippen molar-refractivity contribution in [1.82, 2.24) is 26.4 Å². The Kier molecular flexibility index (Phi) is 7.88. The lowest BCUT2D eigenvalue weighted by molar-refractivity contribution is 0.412. The Bertz CT molecular complexity index is 464. The van der Waals surface area contributed by atoms with Crippen LogP contribution in [0.3, 0.4) is 0 Å². The molecule has 8 heteroatoms. The molecule has 1 aromatic rings. The number of hydrazine groups is 1. The summed E-state index contributed by atoms with van der Waals surface area (Å²) in [6.45, 7) is 2.14. The average Bonchev–Trinajstić information content (AvgIpc) is 2.44. The molecule has 0 atom stereocenters. The van der Waals surface area contributed by atoms with E-state index in [0.29, 0.717) is 16.8 Å². The maximum absolute atomic E-state index is 12.8. The lowest BCUT2D eigenvalue weighted by Gasteiger charge is -2.15. The molecule has 5 nitrogen and oxygen atoms in total. The number of hydrogen-bond acceptors (Lipinski definition) is 3. The molecule has 0 bridgehead atoms. The fraction of sp³-hybridized carbons (Fsp3) is 0.385. The van der Waals surface area contributed by atoms with Gasteiger partial charge in [-0.05, 0) is 56.2 Å². The summed E-state index contributed by atoms with van der Waals surface area (Å²) in [5.41, 5.74) is 6.51. The minimum atomic E-state index is -0.254. The summed E-state index contributed by atoms with van der Waals surface area (Å²) in [4.78, 5) is 2.05. The lowest BCUT2D eigenvalue weighted by Crippen LogP contribution is -2.50. The highest BCUT2D eigenvalue weighted by Crippen LogP contribution is 2.01. The van der Waals surface area contributed by atoms with Crippen LogP contribution in [0, 0.1) is 5.82 Å². The molecule has 4 N–H and O–H groups in total. The number of halogens is 1. The predicted molar refractivity (Wildman–Crippen MR) is 91.3 cm³/mol. The van der Waals surface area contributed by atoms with Crippen LogP contribution in [-0.2, 0) is 6.54 Å². The molecule has 21 heavy (non-hydrogen) atoms. The summed E-state index contributed by atoms with van der Waals surface area (Å²) in [6, 6.07) is 6.22. The molecular weight excluding hydrogens is 309 g/mol. The molecule has 0 saturated heterocycles. The number of likely N-dealkylation sites (N-methyl/N-ethyl adjacent to an activating group) is 1. The second-order valence-corrected chi connectivity index (χ2v) is 5.43. The number of rotatable bonds is 5. The monoisotopic (exact) mass is 329 g/mol. The zero-order valence-electron chi connectivity index (χ0n) is 12.1. The molecule has 0 saturated carbocycles. The molecule has 0 aliphatic rings. The largest absolute Gasteiger partial charge is 0.360 e. The van der Waals surface area contributed by atoms with Crippen molar-refractivity contribution in [1.29, 1.82) is 0 Å². The van der Waals surface area contributed by atoms with Gasteiger partial charge in [0.1, 0.15) is 5.82 Å². The molecule has 0 aliphatic carbocycles. The van der Waals surface area contributed by atoms with Gasteiger partial charge >= 0.3 is 0 Å². The number of benzene rings is 1. The fourth-order valence-corrected chi connectivity index (χ4v) is 1.66. The Balaban J connectivity index is 2.16. The van der Waals surface area contributed by atoms with Crippen LogP contribution in [0.25, 0.3) is 0 Å². The molecule has 0 radical (unpaired) electrons. The van der Waals surface area contributed by atoms with E-state index in [0.717, 1.165) is 18.7 Å². The average molecular weight is 329 g/mol. The van der Waals surface area contributed by atoms with Gasteiger partial charge in [-0.15, -0.1) is 0 Å². The smallest absolute Gasteiger partial charge is 0.185 e. The Morgan fingerprint density at radius 1 is 1.05 bits per heavy atom. The van der Waals surface area contributed by atoms with Crippen molar-refractivity contribution in [2.75, 3.05) is 27.2 Å². The molecule has 0 aromatic heterocycles. The highest BCUT2D eigenvalue weighted by atomic mass is 32.1. The van der Waals surface area contributed by atoms with Crippen molar-refractivity contribution < 1.29 is 4.39 Å². The number of hydrogen-bond donors (Lipinski definition) is 4. The second kappa shape index (κ2) is 9.43. The van der Waals surface area contributed by atoms with Crippen molar-refractivity contribution in [3.63, 3.8) is 0 Å². The molecular formula is C13H20FN5S2. The minimum absolute atomic E-state index is 0.254. The Labute approximate surface area is 135 Å². The number of nitrogens with one attached hydrogen (secondary N) is 4. The van der Waals surface area contributed by atoms with Gasteiger partial charge in [0.15, 0.2) is 10.2 Å². The molecule has 1 aromatic carbocycles. The summed E-state index contributed by atoms with van der Waals surface area (Å²) in [5, 5.41) is 6.91. The molecule has 1 rings (SSSR count). The van der Waals surface area contributed by atoms with Gasteiger partial charge in [-0.25, -0.2) is 4.39 Å². The summed E-state index contributed by atoms with van der Waals surface area (Å²) in [6.07, 6.45) is 0. The normalized spacial score (nSPS) is 10.1. The van der Waals surface area contributed by atoms with Crippen LogP contribution in [0.1, 0.15) is 5.56 Å². The minimum Gasteiger partial charge on any atom is -0.360 e. The van der Waals surface area contributed by atoms with E-state index < -0.39 is 0 Å². The summed E-state index contributed by atoms with van der Waals surface area (Å²) in [7, 11) is 3.98. The SMILES string of the molecule is CN(C)CCNC(=S)NNC(=S)NCc1ccc(F)cc1. The molecule has 0 aliphatic heterocycles. The fourth-order valence-electron chi connectivity index (χ4n) is 1.38. The first-order chi connectivity index (χ1) is 9.97. The van der Waals surface area contributed by atoms with E-state index in [1.807, 2.05) is 14.1 Å². The second-order valence-electron chi connectivity index (χ2n) is 4.62. The predicted octanol–water partition coefficient (Wildman–Crippen LogP) is 0.731. The molecule has 0 fully saturated rings. The van der Waals surface area contributed by atoms with Gasteiger partial charge in [-0.1, -0.05) is 12.1 Å². The van der Waals surface area contributed by atoms with Crippen molar-refractivity contribution in [3.8, 4) is 0 Å². The molecule has 0 amide bonds. The van der Waals surface area contributed by atoms with Gasteiger partial charge in [-0.3, -0.25) is 10.9 Å². The Hall–Kier alpha value is -1.51. The lowest BCUT2D eigenvalue weighted by atomic mass is 10.2. The number of nitrogens with zero attached hydrogens (tertiary/aromatic N) is 1. The van der Waals surface area contributed by atoms with Crippen molar-refractivity contribution in [2.24, 2.45) is 0 Å². The van der Waals surface area contributed by atoms with Gasteiger partial charge < -0.3 is 15.5 Å². The molecule has 0 unspecified atom stereocenters. The van der Waals surface area contributed by atoms with Crippen LogP contribution in [0.5, 0.6) is 0 Å². The van der Waals surface area contributed by atoms with Gasteiger partial charge in [0, 0.05) is 19.6 Å². The molecule has 0 heterocycles. The first-order valence-corrected chi connectivity index (χ1v) is 7.26.